The van der Waals surface area contributed by atoms with Gasteiger partial charge >= 0.3 is 0 Å². The number of aliphatic hydroxyl groups excluding tert-OH is 1. The van der Waals surface area contributed by atoms with Crippen LogP contribution in [0, 0.1) is 5.95 Å². The number of nitrogen functional groups attached to an aromatic ring is 1. The van der Waals surface area contributed by atoms with E-state index < -0.39 is 5.95 Å². The second-order valence-electron chi connectivity index (χ2n) is 7.43. The van der Waals surface area contributed by atoms with Crippen molar-refractivity contribution in [1.29, 1.82) is 0 Å². The van der Waals surface area contributed by atoms with E-state index in [1.807, 2.05) is 54.6 Å². The third kappa shape index (κ3) is 6.37. The van der Waals surface area contributed by atoms with E-state index in [-0.39, 0.29) is 0 Å². The molecule has 0 bridgehead atoms. The van der Waals surface area contributed by atoms with Crippen LogP contribution >= 0.6 is 0 Å². The zero-order chi connectivity index (χ0) is 25.9. The lowest BCUT2D eigenvalue weighted by Crippen LogP contribution is -2.01. The normalized spacial score (nSPS) is 10.8. The third-order valence-electron chi connectivity index (χ3n) is 5.22. The molecule has 4 aromatic rings. The second kappa shape index (κ2) is 12.9. The maximum atomic E-state index is 13.3. The molecular weight excluding hydrogens is 461 g/mol. The molecule has 4 rings (SSSR count). The number of benzene rings is 2. The van der Waals surface area contributed by atoms with E-state index in [1.165, 1.54) is 25.6 Å². The first-order valence-electron chi connectivity index (χ1n) is 11.0. The Morgan fingerprint density at radius 3 is 2.36 bits per heavy atom. The molecule has 0 atom stereocenters. The highest BCUT2D eigenvalue weighted by Crippen LogP contribution is 2.35. The van der Waals surface area contributed by atoms with Crippen LogP contribution in [0.3, 0.4) is 0 Å². The van der Waals surface area contributed by atoms with Crippen molar-refractivity contribution in [2.45, 2.75) is 6.61 Å². The van der Waals surface area contributed by atoms with Gasteiger partial charge in [-0.15, -0.1) is 0 Å². The first-order chi connectivity index (χ1) is 17.6. The van der Waals surface area contributed by atoms with Crippen LogP contribution in [0.25, 0.3) is 16.7 Å². The monoisotopic (exact) mass is 489 g/mol. The van der Waals surface area contributed by atoms with Crippen molar-refractivity contribution in [2.24, 2.45) is 0 Å². The molecule has 36 heavy (non-hydrogen) atoms. The Balaban J connectivity index is 0.00000176. The van der Waals surface area contributed by atoms with Gasteiger partial charge in [0.05, 0.1) is 20.5 Å². The first-order valence-corrected chi connectivity index (χ1v) is 11.0. The first kappa shape index (κ1) is 26.2. The number of hydrogen-bond donors (Lipinski definition) is 2. The molecule has 0 radical (unpaired) electrons. The van der Waals surface area contributed by atoms with E-state index in [1.54, 1.807) is 19.4 Å². The molecule has 2 aromatic heterocycles. The number of nitrogens with zero attached hydrogens (tertiary/aromatic N) is 2. The molecular formula is C28H28FN3O4. The Morgan fingerprint density at radius 2 is 1.69 bits per heavy atom. The summed E-state index contributed by atoms with van der Waals surface area (Å²) < 4.78 is 30.1. The van der Waals surface area contributed by atoms with Gasteiger partial charge in [0.15, 0.2) is 11.5 Å². The molecule has 186 valence electrons. The molecule has 2 aromatic carbocycles. The summed E-state index contributed by atoms with van der Waals surface area (Å²) in [5.74, 6) is 0.978. The van der Waals surface area contributed by atoms with Gasteiger partial charge in [0.25, 0.3) is 0 Å². The van der Waals surface area contributed by atoms with Crippen LogP contribution < -0.4 is 15.2 Å². The predicted molar refractivity (Wildman–Crippen MR) is 138 cm³/mol. The van der Waals surface area contributed by atoms with Crippen molar-refractivity contribution in [1.82, 2.24) is 9.97 Å². The molecule has 0 aliphatic carbocycles. The minimum absolute atomic E-state index is 0.311. The van der Waals surface area contributed by atoms with Crippen molar-refractivity contribution in [2.75, 3.05) is 27.1 Å². The molecule has 0 unspecified atom stereocenters. The number of hydrogen-bond acceptors (Lipinski definition) is 7. The highest BCUT2D eigenvalue weighted by Gasteiger charge is 2.14. The highest BCUT2D eigenvalue weighted by atomic mass is 19.1. The Bertz CT molecular complexity index is 1300. The van der Waals surface area contributed by atoms with E-state index in [4.69, 9.17) is 25.1 Å². The third-order valence-corrected chi connectivity index (χ3v) is 5.22. The number of rotatable bonds is 8. The molecule has 0 amide bonds. The zero-order valence-electron chi connectivity index (χ0n) is 20.3. The average molecular weight is 490 g/mol. The van der Waals surface area contributed by atoms with E-state index in [0.29, 0.717) is 40.6 Å². The van der Waals surface area contributed by atoms with Gasteiger partial charge in [-0.3, -0.25) is 0 Å². The molecule has 0 saturated heterocycles. The van der Waals surface area contributed by atoms with Crippen LogP contribution in [0.2, 0.25) is 0 Å². The Hall–Kier alpha value is -4.43. The van der Waals surface area contributed by atoms with Gasteiger partial charge in [-0.25, -0.2) is 9.97 Å². The summed E-state index contributed by atoms with van der Waals surface area (Å²) in [6.07, 6.45) is 4.65. The van der Waals surface area contributed by atoms with Crippen molar-refractivity contribution in [3.8, 4) is 22.6 Å². The van der Waals surface area contributed by atoms with E-state index in [9.17, 15) is 4.39 Å². The molecule has 0 aliphatic rings. The van der Waals surface area contributed by atoms with Gasteiger partial charge in [0.1, 0.15) is 12.4 Å². The Morgan fingerprint density at radius 1 is 0.917 bits per heavy atom. The van der Waals surface area contributed by atoms with Crippen LogP contribution in [-0.4, -0.2) is 36.4 Å². The SMILES string of the molecule is CO.CO/C=C(\c1ccc(F)nc1)c1cc(-c2ccc(OCc3ccccc3)c(OC)c2)cnc1N. The quantitative estimate of drug-likeness (QED) is 0.262. The Kier molecular flexibility index (Phi) is 9.36. The van der Waals surface area contributed by atoms with Crippen molar-refractivity contribution in [3.05, 3.63) is 108 Å². The highest BCUT2D eigenvalue weighted by molar-refractivity contribution is 5.86. The standard InChI is InChI=1S/C27H24FN3O3.CH4O/c1-32-17-23(20-9-11-26(28)30-14-20)22-12-21(15-31-27(22)29)19-8-10-24(25(13-19)33-2)34-16-18-6-4-3-5-7-18;1-2/h3-15,17H,16H2,1-2H3,(H2,29,31);2H,1H3/b23-17+;. The van der Waals surface area contributed by atoms with Gasteiger partial charge in [-0.05, 0) is 41.5 Å². The van der Waals surface area contributed by atoms with Crippen LogP contribution in [0.15, 0.2) is 85.4 Å². The summed E-state index contributed by atoms with van der Waals surface area (Å²) in [6.45, 7) is 0.432. The smallest absolute Gasteiger partial charge is 0.212 e. The fraction of sp³-hybridized carbons (Fsp3) is 0.143. The van der Waals surface area contributed by atoms with Crippen molar-refractivity contribution in [3.63, 3.8) is 0 Å². The topological polar surface area (TPSA) is 99.7 Å². The lowest BCUT2D eigenvalue weighted by atomic mass is 9.97. The van der Waals surface area contributed by atoms with Crippen molar-refractivity contribution >= 4 is 11.4 Å². The van der Waals surface area contributed by atoms with E-state index in [0.717, 1.165) is 23.8 Å². The van der Waals surface area contributed by atoms with Crippen LogP contribution in [0.1, 0.15) is 16.7 Å². The van der Waals surface area contributed by atoms with E-state index >= 15 is 0 Å². The van der Waals surface area contributed by atoms with Gasteiger partial charge in [0.2, 0.25) is 5.95 Å². The number of halogens is 1. The number of ether oxygens (including phenoxy) is 3. The summed E-state index contributed by atoms with van der Waals surface area (Å²) in [6, 6.07) is 20.4. The molecule has 0 spiro atoms. The number of anilines is 1. The predicted octanol–water partition coefficient (Wildman–Crippen LogP) is 5.10. The molecule has 0 fully saturated rings. The molecule has 0 saturated carbocycles. The summed E-state index contributed by atoms with van der Waals surface area (Å²) in [4.78, 5) is 8.11. The minimum Gasteiger partial charge on any atom is -0.504 e. The Labute approximate surface area is 209 Å². The zero-order valence-corrected chi connectivity index (χ0v) is 20.3. The largest absolute Gasteiger partial charge is 0.504 e. The average Bonchev–Trinajstić information content (AvgIpc) is 2.93. The summed E-state index contributed by atoms with van der Waals surface area (Å²) in [7, 11) is 4.13. The molecule has 8 heteroatoms. The van der Waals surface area contributed by atoms with Crippen LogP contribution in [0.4, 0.5) is 10.2 Å². The van der Waals surface area contributed by atoms with Gasteiger partial charge < -0.3 is 25.1 Å². The lowest BCUT2D eigenvalue weighted by molar-refractivity contribution is 0.284. The van der Waals surface area contributed by atoms with E-state index in [2.05, 4.69) is 9.97 Å². The number of aromatic nitrogens is 2. The molecule has 3 N–H and O–H groups in total. The fourth-order valence-electron chi connectivity index (χ4n) is 3.49. The minimum atomic E-state index is -0.568. The maximum absolute atomic E-state index is 13.3. The van der Waals surface area contributed by atoms with Gasteiger partial charge in [-0.1, -0.05) is 36.4 Å². The maximum Gasteiger partial charge on any atom is 0.212 e. The number of pyridine rings is 2. The second-order valence-corrected chi connectivity index (χ2v) is 7.43. The van der Waals surface area contributed by atoms with Crippen LogP contribution in [-0.2, 0) is 11.3 Å². The summed E-state index contributed by atoms with van der Waals surface area (Å²) in [5, 5.41) is 7.00. The van der Waals surface area contributed by atoms with Gasteiger partial charge in [0, 0.05) is 41.8 Å². The summed E-state index contributed by atoms with van der Waals surface area (Å²) in [5.41, 5.74) is 10.9. The van der Waals surface area contributed by atoms with Gasteiger partial charge in [-0.2, -0.15) is 4.39 Å². The number of nitrogens with two attached hydrogens (primary N) is 1. The number of aliphatic hydroxyl groups is 1. The van der Waals surface area contributed by atoms with Crippen LogP contribution in [0.5, 0.6) is 11.5 Å². The summed E-state index contributed by atoms with van der Waals surface area (Å²) >= 11 is 0. The van der Waals surface area contributed by atoms with Crippen molar-refractivity contribution < 1.29 is 23.7 Å². The number of methoxy groups -OCH3 is 2. The molecule has 7 nitrogen and oxygen atoms in total. The molecule has 0 aliphatic heterocycles. The lowest BCUT2D eigenvalue weighted by Gasteiger charge is -2.14. The molecule has 2 heterocycles. The fourth-order valence-corrected chi connectivity index (χ4v) is 3.49.